The fourth-order valence-corrected chi connectivity index (χ4v) is 3.24. The van der Waals surface area contributed by atoms with Gasteiger partial charge >= 0.3 is 5.97 Å². The number of pyridine rings is 1. The highest BCUT2D eigenvalue weighted by Gasteiger charge is 2.18. The Hall–Kier alpha value is -3.17. The van der Waals surface area contributed by atoms with Gasteiger partial charge in [0.2, 0.25) is 0 Å². The van der Waals surface area contributed by atoms with Crippen LogP contribution in [0.3, 0.4) is 0 Å². The molecule has 2 aromatic carbocycles. The molecule has 1 aromatic heterocycles. The fraction of sp³-hybridized carbons (Fsp3) is 0.0500. The number of thioether (sulfide) groups is 1. The van der Waals surface area contributed by atoms with Crippen molar-refractivity contribution < 1.29 is 14.3 Å². The van der Waals surface area contributed by atoms with Gasteiger partial charge < -0.3 is 5.11 Å². The van der Waals surface area contributed by atoms with E-state index in [1.807, 2.05) is 36.4 Å². The van der Waals surface area contributed by atoms with Crippen molar-refractivity contribution in [1.29, 1.82) is 5.26 Å². The van der Waals surface area contributed by atoms with Crippen molar-refractivity contribution in [2.45, 2.75) is 5.03 Å². The predicted octanol–water partition coefficient (Wildman–Crippen LogP) is 4.60. The number of aliphatic carboxylic acids is 1. The molecule has 0 aliphatic rings. The molecule has 128 valence electrons. The Balaban J connectivity index is 2.24. The van der Waals surface area contributed by atoms with Crippen LogP contribution in [0.1, 0.15) is 5.56 Å². The molecule has 0 saturated carbocycles. The van der Waals surface area contributed by atoms with Gasteiger partial charge in [-0.25, -0.2) is 9.37 Å². The van der Waals surface area contributed by atoms with E-state index in [1.165, 1.54) is 6.07 Å². The molecule has 0 fully saturated rings. The summed E-state index contributed by atoms with van der Waals surface area (Å²) in [5, 5.41) is 18.8. The quantitative estimate of drug-likeness (QED) is 0.670. The summed E-state index contributed by atoms with van der Waals surface area (Å²) < 4.78 is 14.3. The first kappa shape index (κ1) is 17.6. The molecule has 0 aliphatic carbocycles. The van der Waals surface area contributed by atoms with Crippen molar-refractivity contribution in [2.75, 3.05) is 5.75 Å². The summed E-state index contributed by atoms with van der Waals surface area (Å²) in [7, 11) is 0. The second-order valence-corrected chi connectivity index (χ2v) is 6.34. The Morgan fingerprint density at radius 1 is 1.12 bits per heavy atom. The number of carboxylic acid groups (broad SMARTS) is 1. The van der Waals surface area contributed by atoms with E-state index in [-0.39, 0.29) is 21.9 Å². The van der Waals surface area contributed by atoms with Crippen LogP contribution in [0.15, 0.2) is 65.7 Å². The van der Waals surface area contributed by atoms with Crippen LogP contribution in [0.2, 0.25) is 0 Å². The number of benzene rings is 2. The number of nitriles is 1. The lowest BCUT2D eigenvalue weighted by atomic mass is 9.99. The lowest BCUT2D eigenvalue weighted by Gasteiger charge is -2.12. The number of halogens is 1. The van der Waals surface area contributed by atoms with Crippen LogP contribution in [0.5, 0.6) is 0 Å². The summed E-state index contributed by atoms with van der Waals surface area (Å²) in [5.41, 5.74) is 2.19. The highest BCUT2D eigenvalue weighted by atomic mass is 32.2. The van der Waals surface area contributed by atoms with Crippen LogP contribution in [-0.4, -0.2) is 21.8 Å². The van der Waals surface area contributed by atoms with Crippen molar-refractivity contribution in [3.63, 3.8) is 0 Å². The number of rotatable bonds is 5. The molecule has 0 aliphatic heterocycles. The predicted molar refractivity (Wildman–Crippen MR) is 98.1 cm³/mol. The number of hydrogen-bond donors (Lipinski definition) is 1. The molecule has 4 nitrogen and oxygen atoms in total. The first-order valence-electron chi connectivity index (χ1n) is 7.70. The summed E-state index contributed by atoms with van der Waals surface area (Å²) in [6.45, 7) is 0. The van der Waals surface area contributed by atoms with E-state index in [0.717, 1.165) is 17.3 Å². The zero-order valence-corrected chi connectivity index (χ0v) is 14.3. The number of hydrogen-bond acceptors (Lipinski definition) is 4. The molecule has 3 aromatic rings. The topological polar surface area (TPSA) is 74.0 Å². The standard InChI is InChI=1S/C20H13FN2O2S/c21-17-9-5-4-8-14(17)15-10-18(13-6-2-1-3-7-13)23-20(16(15)11-22)26-12-19(24)25/h1-10H,12H2,(H,24,25). The van der Waals surface area contributed by atoms with Gasteiger partial charge in [-0.15, -0.1) is 0 Å². The van der Waals surface area contributed by atoms with Crippen LogP contribution in [0.4, 0.5) is 4.39 Å². The highest BCUT2D eigenvalue weighted by Crippen LogP contribution is 2.35. The first-order chi connectivity index (χ1) is 12.6. The molecule has 0 amide bonds. The van der Waals surface area contributed by atoms with Crippen LogP contribution in [0, 0.1) is 17.1 Å². The second kappa shape index (κ2) is 7.81. The summed E-state index contributed by atoms with van der Waals surface area (Å²) in [5.74, 6) is -1.71. The number of carboxylic acids is 1. The molecule has 6 heteroatoms. The number of carbonyl (C=O) groups is 1. The van der Waals surface area contributed by atoms with E-state index >= 15 is 0 Å². The van der Waals surface area contributed by atoms with Gasteiger partial charge in [-0.1, -0.05) is 60.3 Å². The first-order valence-corrected chi connectivity index (χ1v) is 8.68. The maximum Gasteiger partial charge on any atom is 0.313 e. The van der Waals surface area contributed by atoms with Crippen LogP contribution < -0.4 is 0 Å². The van der Waals surface area contributed by atoms with Gasteiger partial charge in [0.1, 0.15) is 16.9 Å². The van der Waals surface area contributed by atoms with E-state index in [1.54, 1.807) is 24.3 Å². The van der Waals surface area contributed by atoms with Crippen molar-refractivity contribution >= 4 is 17.7 Å². The molecular weight excluding hydrogens is 351 g/mol. The average Bonchev–Trinajstić information content (AvgIpc) is 2.66. The van der Waals surface area contributed by atoms with E-state index in [9.17, 15) is 14.4 Å². The third kappa shape index (κ3) is 3.73. The lowest BCUT2D eigenvalue weighted by molar-refractivity contribution is -0.133. The Bertz CT molecular complexity index is 1000. The molecule has 0 bridgehead atoms. The Labute approximate surface area is 153 Å². The van der Waals surface area contributed by atoms with Gasteiger partial charge in [0.15, 0.2) is 0 Å². The third-order valence-electron chi connectivity index (χ3n) is 3.66. The molecule has 0 radical (unpaired) electrons. The van der Waals surface area contributed by atoms with Crippen molar-refractivity contribution in [2.24, 2.45) is 0 Å². The molecule has 26 heavy (non-hydrogen) atoms. The summed E-state index contributed by atoms with van der Waals surface area (Å²) >= 11 is 0.948. The van der Waals surface area contributed by atoms with Gasteiger partial charge in [-0.05, 0) is 12.1 Å². The largest absolute Gasteiger partial charge is 0.481 e. The van der Waals surface area contributed by atoms with Gasteiger partial charge in [0.25, 0.3) is 0 Å². The maximum atomic E-state index is 14.3. The second-order valence-electron chi connectivity index (χ2n) is 5.38. The lowest BCUT2D eigenvalue weighted by Crippen LogP contribution is -2.01. The SMILES string of the molecule is N#Cc1c(-c2ccccc2F)cc(-c2ccccc2)nc1SCC(=O)O. The van der Waals surface area contributed by atoms with E-state index in [0.29, 0.717) is 11.3 Å². The zero-order chi connectivity index (χ0) is 18.5. The molecule has 0 unspecified atom stereocenters. The fourth-order valence-electron chi connectivity index (χ4n) is 2.51. The smallest absolute Gasteiger partial charge is 0.313 e. The van der Waals surface area contributed by atoms with Crippen LogP contribution in [0.25, 0.3) is 22.4 Å². The monoisotopic (exact) mass is 364 g/mol. The Morgan fingerprint density at radius 2 is 1.81 bits per heavy atom. The molecular formula is C20H13FN2O2S. The van der Waals surface area contributed by atoms with E-state index in [2.05, 4.69) is 4.98 Å². The molecule has 0 spiro atoms. The highest BCUT2D eigenvalue weighted by molar-refractivity contribution is 7.99. The van der Waals surface area contributed by atoms with Crippen LogP contribution in [-0.2, 0) is 4.79 Å². The molecule has 1 N–H and O–H groups in total. The summed E-state index contributed by atoms with van der Waals surface area (Å²) in [6.07, 6.45) is 0. The molecule has 0 atom stereocenters. The van der Waals surface area contributed by atoms with Gasteiger partial charge in [0, 0.05) is 16.7 Å². The van der Waals surface area contributed by atoms with Crippen molar-refractivity contribution in [1.82, 2.24) is 4.98 Å². The molecule has 3 rings (SSSR count). The van der Waals surface area contributed by atoms with Crippen molar-refractivity contribution in [3.05, 3.63) is 72.0 Å². The minimum Gasteiger partial charge on any atom is -0.481 e. The minimum atomic E-state index is -1.02. The molecule has 0 saturated heterocycles. The maximum absolute atomic E-state index is 14.3. The van der Waals surface area contributed by atoms with Crippen LogP contribution >= 0.6 is 11.8 Å². The van der Waals surface area contributed by atoms with E-state index in [4.69, 9.17) is 5.11 Å². The van der Waals surface area contributed by atoms with Crippen molar-refractivity contribution in [3.8, 4) is 28.5 Å². The average molecular weight is 364 g/mol. The summed E-state index contributed by atoms with van der Waals surface area (Å²) in [6, 6.07) is 19.2. The molecule has 1 heterocycles. The third-order valence-corrected chi connectivity index (χ3v) is 4.62. The number of nitrogens with zero attached hydrogens (tertiary/aromatic N) is 2. The minimum absolute atomic E-state index is 0.168. The van der Waals surface area contributed by atoms with Gasteiger partial charge in [-0.3, -0.25) is 4.79 Å². The van der Waals surface area contributed by atoms with E-state index < -0.39 is 11.8 Å². The summed E-state index contributed by atoms with van der Waals surface area (Å²) in [4.78, 5) is 15.4. The van der Waals surface area contributed by atoms with Gasteiger partial charge in [0.05, 0.1) is 17.0 Å². The zero-order valence-electron chi connectivity index (χ0n) is 13.5. The number of aromatic nitrogens is 1. The normalized spacial score (nSPS) is 10.3. The Morgan fingerprint density at radius 3 is 2.46 bits per heavy atom. The van der Waals surface area contributed by atoms with Gasteiger partial charge in [-0.2, -0.15) is 5.26 Å². The Kier molecular flexibility index (Phi) is 5.30.